The van der Waals surface area contributed by atoms with Gasteiger partial charge in [0.2, 0.25) is 11.9 Å². The molecule has 4 rings (SSSR count). The Kier molecular flexibility index (Phi) is 7.76. The molecule has 35 heavy (non-hydrogen) atoms. The Morgan fingerprint density at radius 1 is 1.17 bits per heavy atom. The highest BCUT2D eigenvalue weighted by Crippen LogP contribution is 2.26. The number of aromatic nitrogens is 4. The van der Waals surface area contributed by atoms with E-state index in [4.69, 9.17) is 10.5 Å². The number of primary amides is 1. The first-order valence-corrected chi connectivity index (χ1v) is 11.6. The van der Waals surface area contributed by atoms with Crippen LogP contribution in [0.2, 0.25) is 0 Å². The molecule has 184 valence electrons. The average Bonchev–Trinajstić information content (AvgIpc) is 3.53. The quantitative estimate of drug-likeness (QED) is 0.303. The predicted octanol–water partition coefficient (Wildman–Crippen LogP) is 1.28. The van der Waals surface area contributed by atoms with Gasteiger partial charge in [0.25, 0.3) is 0 Å². The summed E-state index contributed by atoms with van der Waals surface area (Å²) in [5.74, 6) is 1.87. The third-order valence-corrected chi connectivity index (χ3v) is 5.75. The number of hydrogen-bond donors (Lipinski definition) is 4. The summed E-state index contributed by atoms with van der Waals surface area (Å²) >= 11 is 0. The summed E-state index contributed by atoms with van der Waals surface area (Å²) in [4.78, 5) is 36.7. The predicted molar refractivity (Wildman–Crippen MR) is 131 cm³/mol. The maximum Gasteiger partial charge on any atom is 0.312 e. The Balaban J connectivity index is 1.35. The second-order valence-corrected chi connectivity index (χ2v) is 8.29. The zero-order valence-electron chi connectivity index (χ0n) is 19.7. The molecule has 1 aliphatic heterocycles. The van der Waals surface area contributed by atoms with Crippen molar-refractivity contribution in [1.29, 1.82) is 0 Å². The Labute approximate surface area is 203 Å². The van der Waals surface area contributed by atoms with Crippen LogP contribution in [0.4, 0.5) is 10.6 Å². The molecule has 0 unspecified atom stereocenters. The molecular weight excluding hydrogens is 448 g/mol. The van der Waals surface area contributed by atoms with Crippen LogP contribution in [0.25, 0.3) is 5.95 Å². The molecule has 5 N–H and O–H groups in total. The number of fused-ring (bicyclic) bond motifs is 1. The summed E-state index contributed by atoms with van der Waals surface area (Å²) in [6.07, 6.45) is 7.97. The Morgan fingerprint density at radius 3 is 2.86 bits per heavy atom. The number of imidazole rings is 1. The maximum absolute atomic E-state index is 12.5. The second-order valence-electron chi connectivity index (χ2n) is 8.29. The van der Waals surface area contributed by atoms with Crippen LogP contribution >= 0.6 is 0 Å². The van der Waals surface area contributed by atoms with E-state index in [1.165, 1.54) is 11.1 Å². The monoisotopic (exact) mass is 478 g/mol. The van der Waals surface area contributed by atoms with Gasteiger partial charge in [0, 0.05) is 43.2 Å². The van der Waals surface area contributed by atoms with Crippen LogP contribution in [-0.2, 0) is 24.1 Å². The Morgan fingerprint density at radius 2 is 2.06 bits per heavy atom. The number of nitrogens with zero attached hydrogens (tertiary/aromatic N) is 4. The topological polar surface area (TPSA) is 149 Å². The van der Waals surface area contributed by atoms with E-state index in [1.807, 2.05) is 19.1 Å². The minimum atomic E-state index is -0.559. The summed E-state index contributed by atoms with van der Waals surface area (Å²) in [5.41, 5.74) is 9.20. The van der Waals surface area contributed by atoms with Gasteiger partial charge in [0.1, 0.15) is 17.9 Å². The first kappa shape index (κ1) is 24.0. The standard InChI is InChI=1S/C24H30N8O3/c1-16-19(3-2-8-28-23(25)34)22(31-24(30-16)32-11-10-26-15-32)29-14-21(33)27-9-6-17-4-5-20-18(13-17)7-12-35-20/h4-5,10-11,13,15H,2-3,6-9,12,14H2,1H3,(H,27,33)(H3,25,28,34)(H,29,30,31). The number of urea groups is 1. The van der Waals surface area contributed by atoms with Gasteiger partial charge in [-0.25, -0.2) is 14.8 Å². The fourth-order valence-corrected chi connectivity index (χ4v) is 3.96. The lowest BCUT2D eigenvalue weighted by Crippen LogP contribution is -2.32. The van der Waals surface area contributed by atoms with Gasteiger partial charge >= 0.3 is 6.03 Å². The maximum atomic E-state index is 12.5. The lowest BCUT2D eigenvalue weighted by atomic mass is 10.1. The van der Waals surface area contributed by atoms with E-state index >= 15 is 0 Å². The van der Waals surface area contributed by atoms with Crippen LogP contribution in [-0.4, -0.2) is 57.7 Å². The number of anilines is 1. The summed E-state index contributed by atoms with van der Waals surface area (Å²) in [5, 5.41) is 8.70. The van der Waals surface area contributed by atoms with Gasteiger partial charge < -0.3 is 26.4 Å². The highest BCUT2D eigenvalue weighted by atomic mass is 16.5. The Bertz CT molecular complexity index is 1180. The molecule has 0 spiro atoms. The first-order valence-electron chi connectivity index (χ1n) is 11.6. The number of amides is 3. The number of nitrogens with two attached hydrogens (primary N) is 1. The molecule has 0 saturated carbocycles. The number of ether oxygens (including phenoxy) is 1. The smallest absolute Gasteiger partial charge is 0.312 e. The summed E-state index contributed by atoms with van der Waals surface area (Å²) in [6, 6.07) is 5.62. The van der Waals surface area contributed by atoms with Crippen LogP contribution in [0, 0.1) is 6.92 Å². The highest BCUT2D eigenvalue weighted by Gasteiger charge is 2.15. The third kappa shape index (κ3) is 6.46. The van der Waals surface area contributed by atoms with Crippen molar-refractivity contribution < 1.29 is 14.3 Å². The van der Waals surface area contributed by atoms with E-state index in [0.29, 0.717) is 37.7 Å². The van der Waals surface area contributed by atoms with Crippen molar-refractivity contribution in [3.8, 4) is 11.7 Å². The first-order chi connectivity index (χ1) is 17.0. The molecule has 1 aliphatic rings. The summed E-state index contributed by atoms with van der Waals surface area (Å²) < 4.78 is 7.25. The number of benzene rings is 1. The van der Waals surface area contributed by atoms with Gasteiger partial charge in [-0.15, -0.1) is 0 Å². The van der Waals surface area contributed by atoms with E-state index in [9.17, 15) is 9.59 Å². The molecule has 0 radical (unpaired) electrons. The molecule has 11 heteroatoms. The van der Waals surface area contributed by atoms with Crippen molar-refractivity contribution in [3.63, 3.8) is 0 Å². The lowest BCUT2D eigenvalue weighted by Gasteiger charge is -2.15. The SMILES string of the molecule is Cc1nc(-n2ccnc2)nc(NCC(=O)NCCc2ccc3c(c2)CCO3)c1CCCNC(N)=O. The van der Waals surface area contributed by atoms with Gasteiger partial charge in [-0.1, -0.05) is 12.1 Å². The minimum absolute atomic E-state index is 0.0738. The number of nitrogens with one attached hydrogen (secondary N) is 3. The van der Waals surface area contributed by atoms with E-state index in [1.54, 1.807) is 23.3 Å². The molecule has 3 heterocycles. The highest BCUT2D eigenvalue weighted by molar-refractivity contribution is 5.80. The number of aryl methyl sites for hydroxylation is 1. The van der Waals surface area contributed by atoms with Crippen molar-refractivity contribution >= 4 is 17.8 Å². The van der Waals surface area contributed by atoms with E-state index < -0.39 is 6.03 Å². The van der Waals surface area contributed by atoms with Crippen molar-refractivity contribution in [3.05, 3.63) is 59.3 Å². The van der Waals surface area contributed by atoms with Gasteiger partial charge in [-0.2, -0.15) is 4.98 Å². The van der Waals surface area contributed by atoms with Crippen molar-refractivity contribution in [2.24, 2.45) is 5.73 Å². The third-order valence-electron chi connectivity index (χ3n) is 5.75. The van der Waals surface area contributed by atoms with E-state index in [-0.39, 0.29) is 12.5 Å². The molecular formula is C24H30N8O3. The summed E-state index contributed by atoms with van der Waals surface area (Å²) in [6.45, 7) is 3.67. The van der Waals surface area contributed by atoms with Gasteiger partial charge in [0.05, 0.1) is 13.2 Å². The molecule has 0 fully saturated rings. The van der Waals surface area contributed by atoms with Gasteiger partial charge in [-0.3, -0.25) is 9.36 Å². The van der Waals surface area contributed by atoms with Crippen molar-refractivity contribution in [2.45, 2.75) is 32.6 Å². The lowest BCUT2D eigenvalue weighted by molar-refractivity contribution is -0.119. The zero-order valence-corrected chi connectivity index (χ0v) is 19.7. The molecule has 0 atom stereocenters. The number of rotatable bonds is 11. The van der Waals surface area contributed by atoms with Crippen LogP contribution in [0.1, 0.15) is 28.8 Å². The largest absolute Gasteiger partial charge is 0.493 e. The number of hydrogen-bond acceptors (Lipinski definition) is 7. The van der Waals surface area contributed by atoms with Gasteiger partial charge in [0.15, 0.2) is 0 Å². The molecule has 0 bridgehead atoms. The normalized spacial score (nSPS) is 12.0. The fourth-order valence-electron chi connectivity index (χ4n) is 3.96. The van der Waals surface area contributed by atoms with Gasteiger partial charge in [-0.05, 0) is 43.4 Å². The number of carbonyl (C=O) groups is 2. The minimum Gasteiger partial charge on any atom is -0.493 e. The number of carbonyl (C=O) groups excluding carboxylic acids is 2. The van der Waals surface area contributed by atoms with Crippen LogP contribution < -0.4 is 26.4 Å². The molecule has 0 aliphatic carbocycles. The van der Waals surface area contributed by atoms with Crippen LogP contribution in [0.3, 0.4) is 0 Å². The van der Waals surface area contributed by atoms with Crippen molar-refractivity contribution in [2.75, 3.05) is 31.6 Å². The molecule has 0 saturated heterocycles. The molecule has 1 aromatic carbocycles. The molecule has 11 nitrogen and oxygen atoms in total. The zero-order chi connectivity index (χ0) is 24.6. The van der Waals surface area contributed by atoms with Crippen LogP contribution in [0.5, 0.6) is 5.75 Å². The van der Waals surface area contributed by atoms with E-state index in [0.717, 1.165) is 36.5 Å². The fraction of sp³-hybridized carbons (Fsp3) is 0.375. The molecule has 3 amide bonds. The van der Waals surface area contributed by atoms with Crippen molar-refractivity contribution in [1.82, 2.24) is 30.2 Å². The van der Waals surface area contributed by atoms with Crippen LogP contribution in [0.15, 0.2) is 36.9 Å². The summed E-state index contributed by atoms with van der Waals surface area (Å²) in [7, 11) is 0. The molecule has 3 aromatic rings. The Hall–Kier alpha value is -4.15. The average molecular weight is 479 g/mol. The van der Waals surface area contributed by atoms with E-state index in [2.05, 4.69) is 37.0 Å². The molecule has 2 aromatic heterocycles. The second kappa shape index (κ2) is 11.3.